The lowest BCUT2D eigenvalue weighted by Gasteiger charge is -2.14. The summed E-state index contributed by atoms with van der Waals surface area (Å²) in [4.78, 5) is 11.4. The second-order valence-electron chi connectivity index (χ2n) is 8.12. The van der Waals surface area contributed by atoms with Gasteiger partial charge in [0, 0.05) is 68.1 Å². The van der Waals surface area contributed by atoms with Crippen LogP contribution in [0.1, 0.15) is 17.5 Å². The van der Waals surface area contributed by atoms with E-state index in [9.17, 15) is 5.11 Å². The van der Waals surface area contributed by atoms with Gasteiger partial charge in [0.25, 0.3) is 0 Å². The van der Waals surface area contributed by atoms with Crippen LogP contribution in [0.15, 0.2) is 55.1 Å². The topological polar surface area (TPSA) is 71.1 Å². The molecule has 0 radical (unpaired) electrons. The van der Waals surface area contributed by atoms with E-state index in [-0.39, 0.29) is 6.10 Å². The van der Waals surface area contributed by atoms with Gasteiger partial charge in [0.1, 0.15) is 5.82 Å². The van der Waals surface area contributed by atoms with Crippen LogP contribution in [0.5, 0.6) is 0 Å². The fourth-order valence-corrected chi connectivity index (χ4v) is 4.13. The number of anilines is 2. The monoisotopic (exact) mass is 402 g/mol. The van der Waals surface area contributed by atoms with Crippen molar-refractivity contribution in [3.8, 4) is 5.82 Å². The van der Waals surface area contributed by atoms with Gasteiger partial charge in [-0.15, -0.1) is 0 Å². The van der Waals surface area contributed by atoms with Crippen molar-refractivity contribution in [2.75, 3.05) is 18.4 Å². The quantitative estimate of drug-likeness (QED) is 0.536. The predicted octanol–water partition coefficient (Wildman–Crippen LogP) is 3.38. The van der Waals surface area contributed by atoms with Crippen LogP contribution in [0.25, 0.3) is 16.7 Å². The molecule has 1 aliphatic heterocycles. The van der Waals surface area contributed by atoms with Crippen molar-refractivity contribution in [2.45, 2.75) is 26.0 Å². The number of nitrogens with one attached hydrogen (secondary N) is 1. The van der Waals surface area contributed by atoms with Gasteiger partial charge in [-0.2, -0.15) is 4.98 Å². The van der Waals surface area contributed by atoms with Gasteiger partial charge in [-0.3, -0.25) is 4.90 Å². The summed E-state index contributed by atoms with van der Waals surface area (Å²) in [6, 6.07) is 10.3. The molecule has 1 aliphatic rings. The van der Waals surface area contributed by atoms with E-state index in [2.05, 4.69) is 63.5 Å². The van der Waals surface area contributed by atoms with Gasteiger partial charge in [-0.05, 0) is 54.8 Å². The Balaban J connectivity index is 1.36. The number of fused-ring (bicyclic) bond motifs is 1. The molecule has 0 spiro atoms. The van der Waals surface area contributed by atoms with Crippen LogP contribution in [0.4, 0.5) is 11.6 Å². The van der Waals surface area contributed by atoms with Crippen molar-refractivity contribution < 1.29 is 5.11 Å². The Bertz CT molecular complexity index is 1190. The highest BCUT2D eigenvalue weighted by molar-refractivity contribution is 5.84. The van der Waals surface area contributed by atoms with Gasteiger partial charge in [0.15, 0.2) is 0 Å². The Morgan fingerprint density at radius 3 is 2.93 bits per heavy atom. The smallest absolute Gasteiger partial charge is 0.229 e. The van der Waals surface area contributed by atoms with Crippen molar-refractivity contribution in [1.29, 1.82) is 0 Å². The maximum Gasteiger partial charge on any atom is 0.229 e. The number of aliphatic hydroxyl groups excluding tert-OH is 1. The average molecular weight is 403 g/mol. The van der Waals surface area contributed by atoms with Crippen LogP contribution >= 0.6 is 0 Å². The fraction of sp³-hybridized carbons (Fsp3) is 0.304. The Morgan fingerprint density at radius 1 is 1.20 bits per heavy atom. The van der Waals surface area contributed by atoms with E-state index in [0.29, 0.717) is 5.95 Å². The van der Waals surface area contributed by atoms with Crippen molar-refractivity contribution >= 4 is 22.5 Å². The molecule has 7 heteroatoms. The molecule has 1 unspecified atom stereocenters. The summed E-state index contributed by atoms with van der Waals surface area (Å²) in [6.45, 7) is 4.66. The highest BCUT2D eigenvalue weighted by atomic mass is 16.3. The number of aliphatic hydroxyl groups is 1. The summed E-state index contributed by atoms with van der Waals surface area (Å²) in [7, 11) is 2.04. The van der Waals surface area contributed by atoms with Gasteiger partial charge in [-0.1, -0.05) is 0 Å². The molecule has 1 fully saturated rings. The van der Waals surface area contributed by atoms with E-state index in [1.54, 1.807) is 6.20 Å². The second kappa shape index (κ2) is 7.59. The van der Waals surface area contributed by atoms with E-state index in [4.69, 9.17) is 4.98 Å². The molecule has 1 aromatic carbocycles. The first-order chi connectivity index (χ1) is 14.5. The molecule has 154 valence electrons. The molecule has 0 aliphatic carbocycles. The second-order valence-corrected chi connectivity index (χ2v) is 8.12. The van der Waals surface area contributed by atoms with Crippen molar-refractivity contribution in [3.05, 3.63) is 66.2 Å². The third kappa shape index (κ3) is 3.69. The van der Waals surface area contributed by atoms with Crippen LogP contribution < -0.4 is 5.32 Å². The lowest BCUT2D eigenvalue weighted by molar-refractivity contribution is 0.174. The van der Waals surface area contributed by atoms with Gasteiger partial charge in [0.2, 0.25) is 5.95 Å². The average Bonchev–Trinajstić information content (AvgIpc) is 3.42. The van der Waals surface area contributed by atoms with E-state index in [1.165, 1.54) is 22.0 Å². The fourth-order valence-electron chi connectivity index (χ4n) is 4.13. The standard InChI is InChI=1S/C23H26N6O/c1-16-12-29(14-18(16)13-28-10-7-20(30)15-28)22-5-8-24-23(26-22)25-19-3-4-21-17(11-19)6-9-27(21)2/h3-6,8-9,11-12,14,20,30H,7,10,13,15H2,1-2H3,(H,24,25,26). The third-order valence-corrected chi connectivity index (χ3v) is 5.82. The first-order valence-electron chi connectivity index (χ1n) is 10.3. The minimum atomic E-state index is -0.196. The summed E-state index contributed by atoms with van der Waals surface area (Å²) in [5, 5.41) is 14.3. The summed E-state index contributed by atoms with van der Waals surface area (Å²) in [5.74, 6) is 1.39. The molecule has 4 heterocycles. The summed E-state index contributed by atoms with van der Waals surface area (Å²) < 4.78 is 4.15. The molecule has 30 heavy (non-hydrogen) atoms. The summed E-state index contributed by atoms with van der Waals surface area (Å²) in [6.07, 6.45) is 8.72. The molecule has 1 atom stereocenters. The molecule has 1 saturated heterocycles. The number of likely N-dealkylation sites (tertiary alicyclic amines) is 1. The number of hydrogen-bond donors (Lipinski definition) is 2. The Labute approximate surface area is 175 Å². The number of benzene rings is 1. The first-order valence-corrected chi connectivity index (χ1v) is 10.3. The largest absolute Gasteiger partial charge is 0.392 e. The zero-order chi connectivity index (χ0) is 20.7. The van der Waals surface area contributed by atoms with Crippen molar-refractivity contribution in [3.63, 3.8) is 0 Å². The molecule has 5 rings (SSSR count). The SMILES string of the molecule is Cc1cn(-c2ccnc(Nc3ccc4c(ccn4C)c3)n2)cc1CN1CCC(O)C1. The molecule has 0 bridgehead atoms. The number of rotatable bonds is 5. The normalized spacial score (nSPS) is 17.1. The van der Waals surface area contributed by atoms with Crippen molar-refractivity contribution in [2.24, 2.45) is 7.05 Å². The molecule has 3 aromatic heterocycles. The summed E-state index contributed by atoms with van der Waals surface area (Å²) >= 11 is 0. The number of aryl methyl sites for hydroxylation is 2. The molecular weight excluding hydrogens is 376 g/mol. The highest BCUT2D eigenvalue weighted by Gasteiger charge is 2.21. The third-order valence-electron chi connectivity index (χ3n) is 5.82. The number of hydrogen-bond acceptors (Lipinski definition) is 5. The van der Waals surface area contributed by atoms with Crippen LogP contribution in [-0.2, 0) is 13.6 Å². The van der Waals surface area contributed by atoms with Crippen LogP contribution in [0.3, 0.4) is 0 Å². The lowest BCUT2D eigenvalue weighted by Crippen LogP contribution is -2.21. The zero-order valence-corrected chi connectivity index (χ0v) is 17.3. The molecule has 0 amide bonds. The number of nitrogens with zero attached hydrogens (tertiary/aromatic N) is 5. The van der Waals surface area contributed by atoms with E-state index in [1.807, 2.05) is 23.7 Å². The predicted molar refractivity (Wildman–Crippen MR) is 118 cm³/mol. The van der Waals surface area contributed by atoms with Crippen molar-refractivity contribution in [1.82, 2.24) is 24.0 Å². The minimum absolute atomic E-state index is 0.196. The number of β-amino-alcohol motifs (C(OH)–C–C–N with tert-alkyl or cyclic N) is 1. The van der Waals surface area contributed by atoms with E-state index < -0.39 is 0 Å². The van der Waals surface area contributed by atoms with Gasteiger partial charge in [-0.25, -0.2) is 4.98 Å². The van der Waals surface area contributed by atoms with Crippen LogP contribution in [0.2, 0.25) is 0 Å². The Morgan fingerprint density at radius 2 is 2.10 bits per heavy atom. The zero-order valence-electron chi connectivity index (χ0n) is 17.3. The van der Waals surface area contributed by atoms with Crippen LogP contribution in [0, 0.1) is 6.92 Å². The molecule has 2 N–H and O–H groups in total. The van der Waals surface area contributed by atoms with Gasteiger partial charge >= 0.3 is 0 Å². The molecular formula is C23H26N6O. The summed E-state index contributed by atoms with van der Waals surface area (Å²) in [5.41, 5.74) is 4.63. The maximum absolute atomic E-state index is 9.77. The van der Waals surface area contributed by atoms with E-state index in [0.717, 1.165) is 37.6 Å². The lowest BCUT2D eigenvalue weighted by atomic mass is 10.2. The Kier molecular flexibility index (Phi) is 4.77. The number of aromatic nitrogens is 4. The van der Waals surface area contributed by atoms with Gasteiger partial charge < -0.3 is 19.6 Å². The molecule has 4 aromatic rings. The maximum atomic E-state index is 9.77. The molecule has 0 saturated carbocycles. The van der Waals surface area contributed by atoms with E-state index >= 15 is 0 Å². The Hall–Kier alpha value is -3.16. The molecule has 7 nitrogen and oxygen atoms in total. The first kappa shape index (κ1) is 18.8. The highest BCUT2D eigenvalue weighted by Crippen LogP contribution is 2.23. The minimum Gasteiger partial charge on any atom is -0.392 e. The van der Waals surface area contributed by atoms with Gasteiger partial charge in [0.05, 0.1) is 6.10 Å². The van der Waals surface area contributed by atoms with Crippen LogP contribution in [-0.4, -0.2) is 48.3 Å².